The Morgan fingerprint density at radius 3 is 2.41 bits per heavy atom. The molecule has 0 unspecified atom stereocenters. The molecule has 4 nitrogen and oxygen atoms in total. The van der Waals surface area contributed by atoms with E-state index in [9.17, 15) is 4.79 Å². The van der Waals surface area contributed by atoms with Gasteiger partial charge < -0.3 is 9.80 Å². The second-order valence-electron chi connectivity index (χ2n) is 7.06. The Hall–Kier alpha value is -2.43. The van der Waals surface area contributed by atoms with Crippen molar-refractivity contribution >= 4 is 34.1 Å². The second-order valence-corrected chi connectivity index (χ2v) is 7.50. The fourth-order valence-corrected chi connectivity index (χ4v) is 3.88. The molecule has 0 radical (unpaired) electrons. The number of likely N-dealkylation sites (N-methyl/N-ethyl adjacent to an activating group) is 1. The van der Waals surface area contributed by atoms with Crippen molar-refractivity contribution in [3.05, 3.63) is 59.1 Å². The largest absolute Gasteiger partial charge is 0.353 e. The van der Waals surface area contributed by atoms with Gasteiger partial charge in [0.1, 0.15) is 5.82 Å². The normalized spacial score (nSPS) is 15.3. The van der Waals surface area contributed by atoms with Crippen LogP contribution in [0.4, 0.5) is 5.82 Å². The third-order valence-corrected chi connectivity index (χ3v) is 5.38. The van der Waals surface area contributed by atoms with Gasteiger partial charge in [0, 0.05) is 42.2 Å². The van der Waals surface area contributed by atoms with Crippen LogP contribution in [0.3, 0.4) is 0 Å². The zero-order valence-electron chi connectivity index (χ0n) is 15.6. The van der Waals surface area contributed by atoms with Crippen molar-refractivity contribution in [1.82, 2.24) is 9.88 Å². The fourth-order valence-electron chi connectivity index (χ4n) is 3.71. The quantitative estimate of drug-likeness (QED) is 0.627. The van der Waals surface area contributed by atoms with Gasteiger partial charge in [-0.1, -0.05) is 41.9 Å². The maximum atomic E-state index is 12.8. The maximum absolute atomic E-state index is 12.8. The monoisotopic (exact) mass is 379 g/mol. The van der Waals surface area contributed by atoms with E-state index in [0.717, 1.165) is 54.0 Å². The minimum atomic E-state index is 0.0251. The highest BCUT2D eigenvalue weighted by Crippen LogP contribution is 2.38. The molecule has 0 spiro atoms. The number of carbonyl (C=O) groups excluding carboxylic acids is 1. The second kappa shape index (κ2) is 7.29. The first kappa shape index (κ1) is 18.0. The van der Waals surface area contributed by atoms with E-state index in [1.807, 2.05) is 48.5 Å². The van der Waals surface area contributed by atoms with Crippen LogP contribution in [-0.2, 0) is 0 Å². The Morgan fingerprint density at radius 2 is 1.74 bits per heavy atom. The molecule has 27 heavy (non-hydrogen) atoms. The van der Waals surface area contributed by atoms with Crippen molar-refractivity contribution in [2.75, 3.05) is 38.1 Å². The van der Waals surface area contributed by atoms with E-state index in [0.29, 0.717) is 10.6 Å². The molecular formula is C22H22ClN3O. The molecule has 2 aromatic carbocycles. The molecule has 3 aromatic rings. The number of rotatable bonds is 3. The van der Waals surface area contributed by atoms with Crippen LogP contribution in [-0.4, -0.2) is 48.9 Å². The summed E-state index contributed by atoms with van der Waals surface area (Å²) in [5, 5.41) is 1.56. The van der Waals surface area contributed by atoms with Gasteiger partial charge >= 0.3 is 0 Å². The molecule has 0 bridgehead atoms. The van der Waals surface area contributed by atoms with Crippen molar-refractivity contribution in [1.29, 1.82) is 0 Å². The van der Waals surface area contributed by atoms with Crippen molar-refractivity contribution < 1.29 is 4.79 Å². The molecule has 138 valence electrons. The molecule has 4 rings (SSSR count). The number of anilines is 1. The van der Waals surface area contributed by atoms with Gasteiger partial charge in [-0.15, -0.1) is 0 Å². The third-order valence-electron chi connectivity index (χ3n) is 5.15. The minimum absolute atomic E-state index is 0.0251. The van der Waals surface area contributed by atoms with Gasteiger partial charge in [-0.05, 0) is 37.7 Å². The molecule has 5 heteroatoms. The molecule has 1 aliphatic heterocycles. The number of aromatic nitrogens is 1. The summed E-state index contributed by atoms with van der Waals surface area (Å²) in [6.07, 6.45) is 0. The Morgan fingerprint density at radius 1 is 1.04 bits per heavy atom. The SMILES string of the molecule is CC(=O)c1c(N2CCN(C)CC2)nc2ccc(Cl)cc2c1-c1ccccc1. The summed E-state index contributed by atoms with van der Waals surface area (Å²) >= 11 is 6.29. The molecule has 0 N–H and O–H groups in total. The zero-order chi connectivity index (χ0) is 19.0. The lowest BCUT2D eigenvalue weighted by Crippen LogP contribution is -2.45. The van der Waals surface area contributed by atoms with E-state index in [2.05, 4.69) is 16.8 Å². The molecule has 1 aromatic heterocycles. The van der Waals surface area contributed by atoms with Crippen LogP contribution in [0.2, 0.25) is 5.02 Å². The van der Waals surface area contributed by atoms with Crippen LogP contribution in [0, 0.1) is 0 Å². The van der Waals surface area contributed by atoms with Crippen LogP contribution in [0.1, 0.15) is 17.3 Å². The molecular weight excluding hydrogens is 358 g/mol. The summed E-state index contributed by atoms with van der Waals surface area (Å²) in [4.78, 5) is 22.2. The predicted octanol–water partition coefficient (Wildman–Crippen LogP) is 4.51. The van der Waals surface area contributed by atoms with E-state index >= 15 is 0 Å². The van der Waals surface area contributed by atoms with Gasteiger partial charge in [0.2, 0.25) is 0 Å². The summed E-state index contributed by atoms with van der Waals surface area (Å²) in [7, 11) is 2.12. The first-order chi connectivity index (χ1) is 13.0. The maximum Gasteiger partial charge on any atom is 0.164 e. The molecule has 1 aliphatic rings. The first-order valence-electron chi connectivity index (χ1n) is 9.17. The average Bonchev–Trinajstić information content (AvgIpc) is 2.67. The van der Waals surface area contributed by atoms with E-state index in [1.54, 1.807) is 6.92 Å². The highest BCUT2D eigenvalue weighted by Gasteiger charge is 2.25. The molecule has 0 amide bonds. The first-order valence-corrected chi connectivity index (χ1v) is 9.55. The van der Waals surface area contributed by atoms with Crippen LogP contribution in [0.25, 0.3) is 22.0 Å². The Labute approximate surface area is 164 Å². The lowest BCUT2D eigenvalue weighted by molar-refractivity contribution is 0.101. The van der Waals surface area contributed by atoms with Gasteiger partial charge in [0.15, 0.2) is 5.78 Å². The number of piperazine rings is 1. The number of pyridine rings is 1. The molecule has 0 aliphatic carbocycles. The third kappa shape index (κ3) is 3.43. The Balaban J connectivity index is 2.03. The highest BCUT2D eigenvalue weighted by molar-refractivity contribution is 6.31. The number of Topliss-reactive ketones (excluding diaryl/α,β-unsaturated/α-hetero) is 1. The summed E-state index contributed by atoms with van der Waals surface area (Å²) < 4.78 is 0. The van der Waals surface area contributed by atoms with Gasteiger partial charge in [-0.3, -0.25) is 4.79 Å². The van der Waals surface area contributed by atoms with E-state index in [4.69, 9.17) is 16.6 Å². The lowest BCUT2D eigenvalue weighted by atomic mass is 9.93. The van der Waals surface area contributed by atoms with Crippen molar-refractivity contribution in [2.24, 2.45) is 0 Å². The van der Waals surface area contributed by atoms with Gasteiger partial charge in [-0.25, -0.2) is 4.98 Å². The molecule has 0 atom stereocenters. The number of ketones is 1. The molecule has 1 saturated heterocycles. The predicted molar refractivity (Wildman–Crippen MR) is 112 cm³/mol. The highest BCUT2D eigenvalue weighted by atomic mass is 35.5. The number of nitrogens with zero attached hydrogens (tertiary/aromatic N) is 3. The number of carbonyl (C=O) groups is 1. The number of halogens is 1. The minimum Gasteiger partial charge on any atom is -0.353 e. The molecule has 0 saturated carbocycles. The summed E-state index contributed by atoms with van der Waals surface area (Å²) in [5.74, 6) is 0.807. The number of benzene rings is 2. The lowest BCUT2D eigenvalue weighted by Gasteiger charge is -2.34. The Bertz CT molecular complexity index is 995. The van der Waals surface area contributed by atoms with Crippen LogP contribution >= 0.6 is 11.6 Å². The van der Waals surface area contributed by atoms with Gasteiger partial charge in [0.25, 0.3) is 0 Å². The number of hydrogen-bond donors (Lipinski definition) is 0. The summed E-state index contributed by atoms with van der Waals surface area (Å²) in [6, 6.07) is 15.7. The summed E-state index contributed by atoms with van der Waals surface area (Å²) in [6.45, 7) is 5.25. The Kier molecular flexibility index (Phi) is 4.85. The van der Waals surface area contributed by atoms with Crippen LogP contribution < -0.4 is 4.90 Å². The summed E-state index contributed by atoms with van der Waals surface area (Å²) in [5.41, 5.74) is 3.47. The number of fused-ring (bicyclic) bond motifs is 1. The van der Waals surface area contributed by atoms with Crippen molar-refractivity contribution in [3.8, 4) is 11.1 Å². The van der Waals surface area contributed by atoms with Crippen LogP contribution in [0.5, 0.6) is 0 Å². The fraction of sp³-hybridized carbons (Fsp3) is 0.273. The number of hydrogen-bond acceptors (Lipinski definition) is 4. The zero-order valence-corrected chi connectivity index (χ0v) is 16.3. The van der Waals surface area contributed by atoms with E-state index in [1.165, 1.54) is 0 Å². The van der Waals surface area contributed by atoms with Crippen LogP contribution in [0.15, 0.2) is 48.5 Å². The average molecular weight is 380 g/mol. The topological polar surface area (TPSA) is 36.4 Å². The van der Waals surface area contributed by atoms with Crippen molar-refractivity contribution in [3.63, 3.8) is 0 Å². The standard InChI is InChI=1S/C22H22ClN3O/c1-15(27)20-21(16-6-4-3-5-7-16)18-14-17(23)8-9-19(18)24-22(20)26-12-10-25(2)11-13-26/h3-9,14H,10-13H2,1-2H3. The van der Waals surface area contributed by atoms with Gasteiger partial charge in [-0.2, -0.15) is 0 Å². The van der Waals surface area contributed by atoms with Crippen molar-refractivity contribution in [2.45, 2.75) is 6.92 Å². The molecule has 2 heterocycles. The van der Waals surface area contributed by atoms with Gasteiger partial charge in [0.05, 0.1) is 11.1 Å². The smallest absolute Gasteiger partial charge is 0.164 e. The van der Waals surface area contributed by atoms with E-state index in [-0.39, 0.29) is 5.78 Å². The van der Waals surface area contributed by atoms with E-state index < -0.39 is 0 Å². The molecule has 1 fully saturated rings.